The lowest BCUT2D eigenvalue weighted by Crippen LogP contribution is -2.14. The van der Waals surface area contributed by atoms with Crippen LogP contribution in [0.5, 0.6) is 0 Å². The number of hydrogen-bond acceptors (Lipinski definition) is 3. The van der Waals surface area contributed by atoms with E-state index in [0.29, 0.717) is 16.8 Å². The summed E-state index contributed by atoms with van der Waals surface area (Å²) in [6.07, 6.45) is 0. The first-order chi connectivity index (χ1) is 9.81. The first-order valence-corrected chi connectivity index (χ1v) is 8.60. The van der Waals surface area contributed by atoms with Gasteiger partial charge in [0.05, 0.1) is 17.2 Å². The first-order valence-electron chi connectivity index (χ1n) is 6.32. The number of hydrogen-bond donors (Lipinski definition) is 2. The van der Waals surface area contributed by atoms with Gasteiger partial charge >= 0.3 is 0 Å². The molecule has 0 saturated carbocycles. The molecule has 2 rings (SSSR count). The van der Waals surface area contributed by atoms with E-state index in [1.54, 1.807) is 31.2 Å². The van der Waals surface area contributed by atoms with Gasteiger partial charge in [-0.25, -0.2) is 8.42 Å². The molecule has 0 aliphatic heterocycles. The van der Waals surface area contributed by atoms with Crippen molar-refractivity contribution in [2.45, 2.75) is 25.3 Å². The lowest BCUT2D eigenvalue weighted by molar-refractivity contribution is 0.281. The largest absolute Gasteiger partial charge is 0.392 e. The van der Waals surface area contributed by atoms with Crippen molar-refractivity contribution in [2.75, 3.05) is 4.72 Å². The Hall–Kier alpha value is -1.37. The molecule has 21 heavy (non-hydrogen) atoms. The molecule has 0 heterocycles. The van der Waals surface area contributed by atoms with Gasteiger partial charge in [-0.1, -0.05) is 28.1 Å². The summed E-state index contributed by atoms with van der Waals surface area (Å²) in [5.74, 6) is 0. The van der Waals surface area contributed by atoms with E-state index in [2.05, 4.69) is 20.7 Å². The Morgan fingerprint density at radius 2 is 1.86 bits per heavy atom. The molecule has 112 valence electrons. The number of aryl methyl sites for hydroxylation is 2. The zero-order valence-electron chi connectivity index (χ0n) is 11.7. The van der Waals surface area contributed by atoms with Crippen molar-refractivity contribution in [1.82, 2.24) is 0 Å². The zero-order valence-corrected chi connectivity index (χ0v) is 14.1. The third-order valence-corrected chi connectivity index (χ3v) is 5.00. The summed E-state index contributed by atoms with van der Waals surface area (Å²) >= 11 is 3.35. The van der Waals surface area contributed by atoms with Crippen molar-refractivity contribution >= 4 is 31.6 Å². The van der Waals surface area contributed by atoms with Crippen LogP contribution in [-0.2, 0) is 16.6 Å². The maximum absolute atomic E-state index is 12.5. The molecule has 0 saturated heterocycles. The number of nitrogens with one attached hydrogen (secondary N) is 1. The van der Waals surface area contributed by atoms with E-state index in [1.165, 1.54) is 6.07 Å². The van der Waals surface area contributed by atoms with Crippen LogP contribution in [-0.4, -0.2) is 13.5 Å². The molecule has 0 aliphatic rings. The highest BCUT2D eigenvalue weighted by Crippen LogP contribution is 2.24. The summed E-state index contributed by atoms with van der Waals surface area (Å²) < 4.78 is 28.4. The van der Waals surface area contributed by atoms with Crippen LogP contribution in [0.2, 0.25) is 0 Å². The molecule has 4 nitrogen and oxygen atoms in total. The fourth-order valence-corrected chi connectivity index (χ4v) is 3.98. The van der Waals surface area contributed by atoms with Gasteiger partial charge in [-0.05, 0) is 54.8 Å². The Bertz CT molecular complexity index is 752. The van der Waals surface area contributed by atoms with Gasteiger partial charge in [0.25, 0.3) is 10.0 Å². The van der Waals surface area contributed by atoms with E-state index < -0.39 is 10.0 Å². The number of sulfonamides is 1. The van der Waals surface area contributed by atoms with Crippen molar-refractivity contribution in [3.8, 4) is 0 Å². The Kier molecular flexibility index (Phi) is 4.70. The van der Waals surface area contributed by atoms with Gasteiger partial charge in [0, 0.05) is 4.47 Å². The molecule has 2 N–H and O–H groups in total. The molecule has 2 aromatic carbocycles. The van der Waals surface area contributed by atoms with Crippen molar-refractivity contribution in [3.05, 3.63) is 57.6 Å². The molecular formula is C15H16BrNO3S. The normalized spacial score (nSPS) is 11.4. The smallest absolute Gasteiger partial charge is 0.262 e. The molecular weight excluding hydrogens is 354 g/mol. The minimum Gasteiger partial charge on any atom is -0.392 e. The van der Waals surface area contributed by atoms with E-state index in [1.807, 2.05) is 13.0 Å². The van der Waals surface area contributed by atoms with Crippen LogP contribution in [0, 0.1) is 13.8 Å². The third-order valence-electron chi connectivity index (χ3n) is 3.02. The number of anilines is 1. The second-order valence-corrected chi connectivity index (χ2v) is 7.45. The highest BCUT2D eigenvalue weighted by Gasteiger charge is 2.17. The maximum atomic E-state index is 12.5. The number of aliphatic hydroxyl groups is 1. The Labute approximate surface area is 133 Å². The van der Waals surface area contributed by atoms with E-state index in [-0.39, 0.29) is 11.5 Å². The SMILES string of the molecule is Cc1cc(Br)cc(NS(=O)(=O)c2cc(CO)ccc2C)c1. The van der Waals surface area contributed by atoms with E-state index in [4.69, 9.17) is 5.11 Å². The van der Waals surface area contributed by atoms with Crippen LogP contribution in [0.1, 0.15) is 16.7 Å². The maximum Gasteiger partial charge on any atom is 0.262 e. The summed E-state index contributed by atoms with van der Waals surface area (Å²) in [5.41, 5.74) is 2.64. The van der Waals surface area contributed by atoms with Gasteiger partial charge in [0.2, 0.25) is 0 Å². The minimum atomic E-state index is -3.69. The number of rotatable bonds is 4. The van der Waals surface area contributed by atoms with Crippen LogP contribution in [0.15, 0.2) is 45.8 Å². The second kappa shape index (κ2) is 6.17. The van der Waals surface area contributed by atoms with Gasteiger partial charge < -0.3 is 5.11 Å². The molecule has 0 unspecified atom stereocenters. The molecule has 0 radical (unpaired) electrons. The quantitative estimate of drug-likeness (QED) is 0.867. The lowest BCUT2D eigenvalue weighted by atomic mass is 10.2. The predicted octanol–water partition coefficient (Wildman–Crippen LogP) is 3.36. The van der Waals surface area contributed by atoms with Crippen LogP contribution < -0.4 is 4.72 Å². The van der Waals surface area contributed by atoms with Crippen LogP contribution in [0.3, 0.4) is 0 Å². The molecule has 0 amide bonds. The summed E-state index contributed by atoms with van der Waals surface area (Å²) in [4.78, 5) is 0.173. The van der Waals surface area contributed by atoms with E-state index >= 15 is 0 Å². The fourth-order valence-electron chi connectivity index (χ4n) is 2.04. The zero-order chi connectivity index (χ0) is 15.6. The van der Waals surface area contributed by atoms with Crippen LogP contribution in [0.25, 0.3) is 0 Å². The molecule has 0 atom stereocenters. The van der Waals surface area contributed by atoms with E-state index in [0.717, 1.165) is 10.0 Å². The van der Waals surface area contributed by atoms with Gasteiger partial charge in [0.15, 0.2) is 0 Å². The van der Waals surface area contributed by atoms with Crippen molar-refractivity contribution < 1.29 is 13.5 Å². The molecule has 0 aliphatic carbocycles. The number of halogens is 1. The highest BCUT2D eigenvalue weighted by atomic mass is 79.9. The standard InChI is InChI=1S/C15H16BrNO3S/c1-10-5-13(16)8-14(6-10)17-21(19,20)15-7-12(9-18)4-3-11(15)2/h3-8,17-18H,9H2,1-2H3. The van der Waals surface area contributed by atoms with Crippen molar-refractivity contribution in [1.29, 1.82) is 0 Å². The fraction of sp³-hybridized carbons (Fsp3) is 0.200. The first kappa shape index (κ1) is 16.0. The lowest BCUT2D eigenvalue weighted by Gasteiger charge is -2.12. The molecule has 0 spiro atoms. The van der Waals surface area contributed by atoms with Gasteiger partial charge in [-0.3, -0.25) is 4.72 Å². The Morgan fingerprint density at radius 1 is 1.14 bits per heavy atom. The van der Waals surface area contributed by atoms with Crippen LogP contribution >= 0.6 is 15.9 Å². The molecule has 0 fully saturated rings. The molecule has 6 heteroatoms. The van der Waals surface area contributed by atoms with Gasteiger partial charge in [0.1, 0.15) is 0 Å². The average molecular weight is 370 g/mol. The Balaban J connectivity index is 2.42. The highest BCUT2D eigenvalue weighted by molar-refractivity contribution is 9.10. The Morgan fingerprint density at radius 3 is 2.48 bits per heavy atom. The number of aliphatic hydroxyl groups excluding tert-OH is 1. The van der Waals surface area contributed by atoms with Crippen LogP contribution in [0.4, 0.5) is 5.69 Å². The summed E-state index contributed by atoms with van der Waals surface area (Å²) in [5, 5.41) is 9.16. The topological polar surface area (TPSA) is 66.4 Å². The monoisotopic (exact) mass is 369 g/mol. The minimum absolute atomic E-state index is 0.173. The summed E-state index contributed by atoms with van der Waals surface area (Å²) in [6, 6.07) is 10.2. The van der Waals surface area contributed by atoms with E-state index in [9.17, 15) is 8.42 Å². The molecule has 0 aromatic heterocycles. The van der Waals surface area contributed by atoms with Crippen molar-refractivity contribution in [2.24, 2.45) is 0 Å². The molecule has 0 bridgehead atoms. The van der Waals surface area contributed by atoms with Gasteiger partial charge in [-0.15, -0.1) is 0 Å². The average Bonchev–Trinajstić information content (AvgIpc) is 2.37. The predicted molar refractivity (Wildman–Crippen MR) is 86.8 cm³/mol. The van der Waals surface area contributed by atoms with Crippen molar-refractivity contribution in [3.63, 3.8) is 0 Å². The third kappa shape index (κ3) is 3.84. The van der Waals surface area contributed by atoms with Gasteiger partial charge in [-0.2, -0.15) is 0 Å². The number of benzene rings is 2. The summed E-state index contributed by atoms with van der Waals surface area (Å²) in [6.45, 7) is 3.42. The summed E-state index contributed by atoms with van der Waals surface area (Å²) in [7, 11) is -3.69. The molecule has 2 aromatic rings. The second-order valence-electron chi connectivity index (χ2n) is 4.88.